The predicted molar refractivity (Wildman–Crippen MR) is 71.2 cm³/mol. The van der Waals surface area contributed by atoms with Crippen LogP contribution in [-0.2, 0) is 11.3 Å². The largest absolute Gasteiger partial charge is 0.380 e. The topological polar surface area (TPSA) is 50.9 Å². The van der Waals surface area contributed by atoms with Crippen LogP contribution >= 0.6 is 0 Å². The van der Waals surface area contributed by atoms with Gasteiger partial charge in [-0.3, -0.25) is 4.99 Å². The van der Waals surface area contributed by atoms with Crippen molar-refractivity contribution in [1.82, 2.24) is 4.90 Å². The zero-order valence-corrected chi connectivity index (χ0v) is 10.7. The van der Waals surface area contributed by atoms with Crippen LogP contribution in [0.15, 0.2) is 29.3 Å². The molecule has 18 heavy (non-hydrogen) atoms. The van der Waals surface area contributed by atoms with Gasteiger partial charge in [0.15, 0.2) is 5.96 Å². The standard InChI is InChI=1S/C14H19N3O/c1-18-9-10-2-4-11(5-3-10)13-8-16-14(15)17(13)12-6-7-12/h2-5,12-13H,6-9H2,1H3,(H2,15,16). The average molecular weight is 245 g/mol. The molecule has 1 aromatic rings. The minimum absolute atomic E-state index is 0.328. The number of nitrogens with zero attached hydrogens (tertiary/aromatic N) is 2. The molecule has 1 aromatic carbocycles. The third-order valence-corrected chi connectivity index (χ3v) is 3.64. The van der Waals surface area contributed by atoms with E-state index in [1.807, 2.05) is 0 Å². The summed E-state index contributed by atoms with van der Waals surface area (Å²) < 4.78 is 5.13. The molecular weight excluding hydrogens is 226 g/mol. The fourth-order valence-electron chi connectivity index (χ4n) is 2.57. The van der Waals surface area contributed by atoms with Crippen LogP contribution in [0.5, 0.6) is 0 Å². The molecule has 4 nitrogen and oxygen atoms in total. The fourth-order valence-corrected chi connectivity index (χ4v) is 2.57. The van der Waals surface area contributed by atoms with Crippen LogP contribution < -0.4 is 5.73 Å². The molecule has 2 N–H and O–H groups in total. The second kappa shape index (κ2) is 4.61. The van der Waals surface area contributed by atoms with Crippen molar-refractivity contribution in [2.24, 2.45) is 10.7 Å². The maximum atomic E-state index is 5.98. The summed E-state index contributed by atoms with van der Waals surface area (Å²) in [4.78, 5) is 6.67. The molecule has 0 amide bonds. The van der Waals surface area contributed by atoms with E-state index in [9.17, 15) is 0 Å². The van der Waals surface area contributed by atoms with Crippen molar-refractivity contribution in [3.63, 3.8) is 0 Å². The van der Waals surface area contributed by atoms with Crippen LogP contribution in [0, 0.1) is 0 Å². The van der Waals surface area contributed by atoms with Gasteiger partial charge in [-0.25, -0.2) is 0 Å². The van der Waals surface area contributed by atoms with Gasteiger partial charge in [0.25, 0.3) is 0 Å². The lowest BCUT2D eigenvalue weighted by atomic mass is 10.0. The lowest BCUT2D eigenvalue weighted by Gasteiger charge is -2.26. The van der Waals surface area contributed by atoms with E-state index in [1.54, 1.807) is 7.11 Å². The number of rotatable bonds is 4. The van der Waals surface area contributed by atoms with E-state index in [0.29, 0.717) is 24.7 Å². The van der Waals surface area contributed by atoms with Crippen LogP contribution in [0.25, 0.3) is 0 Å². The van der Waals surface area contributed by atoms with Gasteiger partial charge >= 0.3 is 0 Å². The number of hydrogen-bond acceptors (Lipinski definition) is 4. The molecule has 4 heteroatoms. The molecule has 0 radical (unpaired) electrons. The van der Waals surface area contributed by atoms with Crippen molar-refractivity contribution >= 4 is 5.96 Å². The molecule has 1 fully saturated rings. The SMILES string of the molecule is COCc1ccc(C2CN=C(N)N2C2CC2)cc1. The van der Waals surface area contributed by atoms with E-state index < -0.39 is 0 Å². The first-order chi connectivity index (χ1) is 8.79. The monoisotopic (exact) mass is 245 g/mol. The van der Waals surface area contributed by atoms with E-state index in [0.717, 1.165) is 6.54 Å². The van der Waals surface area contributed by atoms with Crippen molar-refractivity contribution in [3.05, 3.63) is 35.4 Å². The lowest BCUT2D eigenvalue weighted by Crippen LogP contribution is -2.37. The van der Waals surface area contributed by atoms with E-state index in [2.05, 4.69) is 34.2 Å². The lowest BCUT2D eigenvalue weighted by molar-refractivity contribution is 0.185. The molecule has 0 aromatic heterocycles. The summed E-state index contributed by atoms with van der Waals surface area (Å²) in [7, 11) is 1.72. The van der Waals surface area contributed by atoms with Crippen LogP contribution in [-0.4, -0.2) is 30.6 Å². The summed E-state index contributed by atoms with van der Waals surface area (Å²) in [6.45, 7) is 1.45. The first kappa shape index (κ1) is 11.5. The third-order valence-electron chi connectivity index (χ3n) is 3.64. The van der Waals surface area contributed by atoms with E-state index in [1.165, 1.54) is 24.0 Å². The summed E-state index contributed by atoms with van der Waals surface area (Å²) in [6, 6.07) is 9.52. The number of methoxy groups -OCH3 is 1. The molecule has 1 saturated carbocycles. The summed E-state index contributed by atoms with van der Waals surface area (Å²) >= 11 is 0. The Kier molecular flexibility index (Phi) is 2.96. The molecule has 0 saturated heterocycles. The highest BCUT2D eigenvalue weighted by atomic mass is 16.5. The van der Waals surface area contributed by atoms with E-state index in [4.69, 9.17) is 10.5 Å². The van der Waals surface area contributed by atoms with Gasteiger partial charge in [0.05, 0.1) is 19.2 Å². The number of hydrogen-bond donors (Lipinski definition) is 1. The Labute approximate surface area is 107 Å². The van der Waals surface area contributed by atoms with Crippen molar-refractivity contribution in [3.8, 4) is 0 Å². The first-order valence-electron chi connectivity index (χ1n) is 6.45. The molecule has 2 aliphatic rings. The van der Waals surface area contributed by atoms with E-state index >= 15 is 0 Å². The highest BCUT2D eigenvalue weighted by molar-refractivity contribution is 5.81. The Balaban J connectivity index is 1.78. The third kappa shape index (κ3) is 2.08. The minimum atomic E-state index is 0.328. The minimum Gasteiger partial charge on any atom is -0.380 e. The molecule has 0 spiro atoms. The summed E-state index contributed by atoms with van der Waals surface area (Å²) in [5.41, 5.74) is 8.48. The van der Waals surface area contributed by atoms with Crippen molar-refractivity contribution < 1.29 is 4.74 Å². The molecular formula is C14H19N3O. The normalized spacial score (nSPS) is 23.3. The summed E-state index contributed by atoms with van der Waals surface area (Å²) in [6.07, 6.45) is 2.49. The van der Waals surface area contributed by atoms with Crippen LogP contribution in [0.3, 0.4) is 0 Å². The van der Waals surface area contributed by atoms with Crippen molar-refractivity contribution in [1.29, 1.82) is 0 Å². The summed E-state index contributed by atoms with van der Waals surface area (Å²) in [5, 5.41) is 0. The Morgan fingerprint density at radius 3 is 2.67 bits per heavy atom. The molecule has 1 atom stereocenters. The maximum Gasteiger partial charge on any atom is 0.192 e. The average Bonchev–Trinajstić information content (AvgIpc) is 3.14. The predicted octanol–water partition coefficient (Wildman–Crippen LogP) is 1.67. The quantitative estimate of drug-likeness (QED) is 0.877. The smallest absolute Gasteiger partial charge is 0.192 e. The number of aliphatic imine (C=N–C) groups is 1. The molecule has 0 bridgehead atoms. The second-order valence-electron chi connectivity index (χ2n) is 5.03. The molecule has 1 aliphatic heterocycles. The Morgan fingerprint density at radius 2 is 2.06 bits per heavy atom. The highest BCUT2D eigenvalue weighted by Crippen LogP contribution is 2.36. The molecule has 96 valence electrons. The zero-order valence-electron chi connectivity index (χ0n) is 10.7. The van der Waals surface area contributed by atoms with Crippen molar-refractivity contribution in [2.75, 3.05) is 13.7 Å². The number of ether oxygens (including phenoxy) is 1. The highest BCUT2D eigenvalue weighted by Gasteiger charge is 2.38. The van der Waals surface area contributed by atoms with Gasteiger partial charge in [-0.2, -0.15) is 0 Å². The van der Waals surface area contributed by atoms with Gasteiger partial charge in [-0.1, -0.05) is 24.3 Å². The molecule has 1 heterocycles. The number of nitrogens with two attached hydrogens (primary N) is 1. The summed E-state index contributed by atoms with van der Waals surface area (Å²) in [5.74, 6) is 0.712. The zero-order chi connectivity index (χ0) is 12.5. The first-order valence-corrected chi connectivity index (χ1v) is 6.45. The number of guanidine groups is 1. The van der Waals surface area contributed by atoms with Gasteiger partial charge in [0, 0.05) is 13.2 Å². The molecule has 1 unspecified atom stereocenters. The van der Waals surface area contributed by atoms with Gasteiger partial charge < -0.3 is 15.4 Å². The van der Waals surface area contributed by atoms with Crippen molar-refractivity contribution in [2.45, 2.75) is 31.5 Å². The molecule has 1 aliphatic carbocycles. The Hall–Kier alpha value is -1.55. The van der Waals surface area contributed by atoms with E-state index in [-0.39, 0.29) is 0 Å². The Morgan fingerprint density at radius 1 is 1.33 bits per heavy atom. The second-order valence-corrected chi connectivity index (χ2v) is 5.03. The van der Waals surface area contributed by atoms with Crippen LogP contribution in [0.4, 0.5) is 0 Å². The van der Waals surface area contributed by atoms with Crippen LogP contribution in [0.2, 0.25) is 0 Å². The number of benzene rings is 1. The van der Waals surface area contributed by atoms with Gasteiger partial charge in [0.2, 0.25) is 0 Å². The fraction of sp³-hybridized carbons (Fsp3) is 0.500. The van der Waals surface area contributed by atoms with Gasteiger partial charge in [-0.05, 0) is 24.0 Å². The Bertz CT molecular complexity index is 451. The maximum absolute atomic E-state index is 5.98. The van der Waals surface area contributed by atoms with Gasteiger partial charge in [-0.15, -0.1) is 0 Å². The van der Waals surface area contributed by atoms with Crippen LogP contribution in [0.1, 0.15) is 30.0 Å². The van der Waals surface area contributed by atoms with Gasteiger partial charge in [0.1, 0.15) is 0 Å². The molecule has 3 rings (SSSR count).